The zero-order chi connectivity index (χ0) is 14.3. The van der Waals surface area contributed by atoms with Gasteiger partial charge in [-0.3, -0.25) is 0 Å². The molecular formula is C17H19N3. The van der Waals surface area contributed by atoms with Crippen LogP contribution in [0, 0.1) is 6.92 Å². The molecule has 0 saturated heterocycles. The van der Waals surface area contributed by atoms with Gasteiger partial charge in [0.1, 0.15) is 0 Å². The van der Waals surface area contributed by atoms with E-state index in [9.17, 15) is 0 Å². The highest BCUT2D eigenvalue weighted by Gasteiger charge is 2.23. The fourth-order valence-electron chi connectivity index (χ4n) is 2.41. The van der Waals surface area contributed by atoms with Crippen molar-refractivity contribution in [1.82, 2.24) is 14.8 Å². The van der Waals surface area contributed by atoms with Gasteiger partial charge < -0.3 is 0 Å². The Kier molecular flexibility index (Phi) is 2.85. The van der Waals surface area contributed by atoms with E-state index < -0.39 is 0 Å². The summed E-state index contributed by atoms with van der Waals surface area (Å²) < 4.78 is 1.94. The lowest BCUT2D eigenvalue weighted by Crippen LogP contribution is -2.13. The van der Waals surface area contributed by atoms with Gasteiger partial charge in [-0.2, -0.15) is 5.10 Å². The quantitative estimate of drug-likeness (QED) is 0.665. The van der Waals surface area contributed by atoms with Crippen LogP contribution in [0.1, 0.15) is 32.0 Å². The number of fused-ring (bicyclic) bond motifs is 1. The summed E-state index contributed by atoms with van der Waals surface area (Å²) in [6.07, 6.45) is 1.90. The Morgan fingerprint density at radius 2 is 1.75 bits per heavy atom. The van der Waals surface area contributed by atoms with Crippen molar-refractivity contribution in [1.29, 1.82) is 0 Å². The zero-order valence-electron chi connectivity index (χ0n) is 12.4. The number of nitrogens with zero attached hydrogens (tertiary/aromatic N) is 3. The first-order valence-corrected chi connectivity index (χ1v) is 6.88. The van der Waals surface area contributed by atoms with Crippen LogP contribution in [0.5, 0.6) is 0 Å². The summed E-state index contributed by atoms with van der Waals surface area (Å²) in [4.78, 5) is 4.59. The molecule has 3 nitrogen and oxygen atoms in total. The monoisotopic (exact) mass is 265 g/mol. The molecular weight excluding hydrogens is 246 g/mol. The molecule has 0 aliphatic heterocycles. The van der Waals surface area contributed by atoms with Crippen molar-refractivity contribution in [3.63, 3.8) is 0 Å². The highest BCUT2D eigenvalue weighted by atomic mass is 15.3. The van der Waals surface area contributed by atoms with Gasteiger partial charge in [0.2, 0.25) is 0 Å². The van der Waals surface area contributed by atoms with Gasteiger partial charge in [-0.25, -0.2) is 9.67 Å². The maximum Gasteiger partial charge on any atom is 0.163 e. The number of aryl methyl sites for hydroxylation is 1. The van der Waals surface area contributed by atoms with E-state index in [0.717, 1.165) is 28.0 Å². The van der Waals surface area contributed by atoms with Crippen LogP contribution in [0.25, 0.3) is 16.7 Å². The number of hydrogen-bond donors (Lipinski definition) is 0. The Morgan fingerprint density at radius 3 is 2.40 bits per heavy atom. The van der Waals surface area contributed by atoms with Crippen LogP contribution < -0.4 is 0 Å². The first-order valence-electron chi connectivity index (χ1n) is 6.88. The Labute approximate surface area is 119 Å². The van der Waals surface area contributed by atoms with Gasteiger partial charge in [0, 0.05) is 17.0 Å². The summed E-state index contributed by atoms with van der Waals surface area (Å²) in [6.45, 7) is 8.63. The van der Waals surface area contributed by atoms with Crippen molar-refractivity contribution in [2.75, 3.05) is 0 Å². The molecule has 0 saturated carbocycles. The third kappa shape index (κ3) is 2.09. The molecule has 0 aliphatic carbocycles. The van der Waals surface area contributed by atoms with E-state index in [-0.39, 0.29) is 5.41 Å². The van der Waals surface area contributed by atoms with Crippen molar-refractivity contribution >= 4 is 11.0 Å². The standard InChI is InChI=1S/C17H19N3/c1-12-10-14-15(17(2,3)4)19-20(16(14)18-11-12)13-8-6-5-7-9-13/h5-11H,1-4H3. The van der Waals surface area contributed by atoms with E-state index in [4.69, 9.17) is 5.10 Å². The van der Waals surface area contributed by atoms with Crippen LogP contribution in [0.15, 0.2) is 42.6 Å². The number of hydrogen-bond acceptors (Lipinski definition) is 2. The van der Waals surface area contributed by atoms with Gasteiger partial charge in [0.15, 0.2) is 5.65 Å². The van der Waals surface area contributed by atoms with Crippen molar-refractivity contribution in [2.24, 2.45) is 0 Å². The molecule has 0 atom stereocenters. The van der Waals surface area contributed by atoms with Crippen molar-refractivity contribution in [3.05, 3.63) is 53.9 Å². The van der Waals surface area contributed by atoms with Crippen molar-refractivity contribution < 1.29 is 0 Å². The Balaban J connectivity index is 2.35. The summed E-state index contributed by atoms with van der Waals surface area (Å²) in [7, 11) is 0. The van der Waals surface area contributed by atoms with Crippen LogP contribution in [-0.2, 0) is 5.41 Å². The molecule has 3 aromatic rings. The molecule has 0 aliphatic rings. The summed E-state index contributed by atoms with van der Waals surface area (Å²) in [5.74, 6) is 0. The molecule has 2 aromatic heterocycles. The number of benzene rings is 1. The number of pyridine rings is 1. The van der Waals surface area contributed by atoms with Crippen LogP contribution in [0.4, 0.5) is 0 Å². The van der Waals surface area contributed by atoms with Gasteiger partial charge in [0.05, 0.1) is 11.4 Å². The second kappa shape index (κ2) is 4.44. The van der Waals surface area contributed by atoms with Gasteiger partial charge in [-0.1, -0.05) is 39.0 Å². The third-order valence-electron chi connectivity index (χ3n) is 3.37. The van der Waals surface area contributed by atoms with E-state index in [1.54, 1.807) is 0 Å². The molecule has 0 amide bonds. The molecule has 0 unspecified atom stereocenters. The molecule has 2 heterocycles. The van der Waals surface area contributed by atoms with E-state index in [1.807, 2.05) is 29.1 Å². The number of para-hydroxylation sites is 1. The first-order chi connectivity index (χ1) is 9.47. The van der Waals surface area contributed by atoms with Gasteiger partial charge in [0.25, 0.3) is 0 Å². The molecule has 0 N–H and O–H groups in total. The molecule has 1 aromatic carbocycles. The lowest BCUT2D eigenvalue weighted by atomic mass is 9.90. The fraction of sp³-hybridized carbons (Fsp3) is 0.294. The van der Waals surface area contributed by atoms with Gasteiger partial charge >= 0.3 is 0 Å². The SMILES string of the molecule is Cc1cnc2c(c1)c(C(C)(C)C)nn2-c1ccccc1. The van der Waals surface area contributed by atoms with Crippen molar-refractivity contribution in [3.8, 4) is 5.69 Å². The third-order valence-corrected chi connectivity index (χ3v) is 3.37. The lowest BCUT2D eigenvalue weighted by Gasteiger charge is -2.15. The minimum Gasteiger partial charge on any atom is -0.236 e. The zero-order valence-corrected chi connectivity index (χ0v) is 12.4. The summed E-state index contributed by atoms with van der Waals surface area (Å²) in [6, 6.07) is 12.3. The predicted molar refractivity (Wildman–Crippen MR) is 82.3 cm³/mol. The minimum atomic E-state index is -0.00620. The first kappa shape index (κ1) is 12.9. The van der Waals surface area contributed by atoms with E-state index in [1.165, 1.54) is 0 Å². The molecule has 3 rings (SSSR count). The highest BCUT2D eigenvalue weighted by Crippen LogP contribution is 2.30. The topological polar surface area (TPSA) is 30.7 Å². The molecule has 20 heavy (non-hydrogen) atoms. The van der Waals surface area contributed by atoms with Crippen LogP contribution in [0.2, 0.25) is 0 Å². The summed E-state index contributed by atoms with van der Waals surface area (Å²) in [5.41, 5.74) is 4.22. The molecule has 0 fully saturated rings. The van der Waals surface area contributed by atoms with E-state index in [0.29, 0.717) is 0 Å². The second-order valence-electron chi connectivity index (χ2n) is 6.23. The van der Waals surface area contributed by atoms with Crippen LogP contribution >= 0.6 is 0 Å². The van der Waals surface area contributed by atoms with E-state index in [2.05, 4.69) is 50.9 Å². The molecule has 102 valence electrons. The normalized spacial score (nSPS) is 12.0. The lowest BCUT2D eigenvalue weighted by molar-refractivity contribution is 0.565. The molecule has 0 spiro atoms. The summed E-state index contributed by atoms with van der Waals surface area (Å²) >= 11 is 0. The van der Waals surface area contributed by atoms with Gasteiger partial charge in [-0.05, 0) is 30.7 Å². The Morgan fingerprint density at radius 1 is 1.05 bits per heavy atom. The Hall–Kier alpha value is -2.16. The van der Waals surface area contributed by atoms with Crippen LogP contribution in [0.3, 0.4) is 0 Å². The molecule has 0 radical (unpaired) electrons. The summed E-state index contributed by atoms with van der Waals surface area (Å²) in [5, 5.41) is 5.97. The average Bonchev–Trinajstić information content (AvgIpc) is 2.78. The largest absolute Gasteiger partial charge is 0.236 e. The van der Waals surface area contributed by atoms with Crippen LogP contribution in [-0.4, -0.2) is 14.8 Å². The number of aromatic nitrogens is 3. The second-order valence-corrected chi connectivity index (χ2v) is 6.23. The maximum atomic E-state index is 4.83. The van der Waals surface area contributed by atoms with Crippen molar-refractivity contribution in [2.45, 2.75) is 33.1 Å². The smallest absolute Gasteiger partial charge is 0.163 e. The van der Waals surface area contributed by atoms with Gasteiger partial charge in [-0.15, -0.1) is 0 Å². The van der Waals surface area contributed by atoms with E-state index >= 15 is 0 Å². The minimum absolute atomic E-state index is 0.00620. The Bertz CT molecular complexity index is 749. The number of rotatable bonds is 1. The molecule has 3 heteroatoms. The maximum absolute atomic E-state index is 4.83. The average molecular weight is 265 g/mol. The highest BCUT2D eigenvalue weighted by molar-refractivity contribution is 5.81. The molecule has 0 bridgehead atoms. The predicted octanol–water partition coefficient (Wildman–Crippen LogP) is 4.03. The fourth-order valence-corrected chi connectivity index (χ4v) is 2.41.